The highest BCUT2D eigenvalue weighted by Crippen LogP contribution is 2.50. The maximum Gasteiger partial charge on any atom is 0.416 e. The van der Waals surface area contributed by atoms with Crippen molar-refractivity contribution in [3.05, 3.63) is 71.3 Å². The Labute approximate surface area is 218 Å². The highest BCUT2D eigenvalue weighted by Gasteiger charge is 2.53. The van der Waals surface area contributed by atoms with Crippen LogP contribution in [0, 0.1) is 5.82 Å². The summed E-state index contributed by atoms with van der Waals surface area (Å²) in [5.41, 5.74) is -0.978. The molecule has 1 aromatic heterocycles. The highest BCUT2D eigenvalue weighted by atomic mass is 19.4. The molecule has 4 rings (SSSR count). The lowest BCUT2D eigenvalue weighted by Gasteiger charge is -2.24. The quantitative estimate of drug-likeness (QED) is 0.259. The van der Waals surface area contributed by atoms with Crippen LogP contribution in [0.5, 0.6) is 0 Å². The van der Waals surface area contributed by atoms with Crippen LogP contribution in [0.1, 0.15) is 67.9 Å². The number of hydrogen-bond acceptors (Lipinski definition) is 4. The van der Waals surface area contributed by atoms with Crippen LogP contribution in [0.2, 0.25) is 0 Å². The fourth-order valence-electron chi connectivity index (χ4n) is 4.75. The largest absolute Gasteiger partial charge is 0.465 e. The molecular weight excluding hydrogens is 502 g/mol. The zero-order valence-electron chi connectivity index (χ0n) is 21.6. The van der Waals surface area contributed by atoms with E-state index in [0.29, 0.717) is 17.2 Å². The smallest absolute Gasteiger partial charge is 0.416 e. The van der Waals surface area contributed by atoms with Gasteiger partial charge in [0.25, 0.3) is 0 Å². The zero-order chi connectivity index (χ0) is 27.9. The lowest BCUT2D eigenvalue weighted by Crippen LogP contribution is -2.29. The fraction of sp³-hybridized carbons (Fsp3) is 0.393. The van der Waals surface area contributed by atoms with Crippen molar-refractivity contribution in [3.8, 4) is 11.1 Å². The average Bonchev–Trinajstić information content (AvgIpc) is 3.50. The molecule has 1 aliphatic rings. The molecule has 1 heterocycles. The van der Waals surface area contributed by atoms with E-state index in [0.717, 1.165) is 25.0 Å². The summed E-state index contributed by atoms with van der Waals surface area (Å²) in [6, 6.07) is 6.94. The van der Waals surface area contributed by atoms with Gasteiger partial charge in [0.2, 0.25) is 5.91 Å². The Morgan fingerprint density at radius 3 is 2.42 bits per heavy atom. The van der Waals surface area contributed by atoms with Gasteiger partial charge in [0.05, 0.1) is 35.4 Å². The molecule has 1 fully saturated rings. The van der Waals surface area contributed by atoms with Gasteiger partial charge in [-0.3, -0.25) is 9.48 Å². The number of methoxy groups -OCH3 is 1. The van der Waals surface area contributed by atoms with Gasteiger partial charge >= 0.3 is 12.1 Å². The molecule has 0 radical (unpaired) electrons. The van der Waals surface area contributed by atoms with Crippen molar-refractivity contribution in [2.45, 2.75) is 63.6 Å². The number of aromatic nitrogens is 2. The minimum absolute atomic E-state index is 0.0880. The second-order valence-corrected chi connectivity index (χ2v) is 10.2. The van der Waals surface area contributed by atoms with Gasteiger partial charge in [-0.15, -0.1) is 0 Å². The second-order valence-electron chi connectivity index (χ2n) is 10.2. The number of nitrogens with one attached hydrogen (secondary N) is 1. The third-order valence-electron chi connectivity index (χ3n) is 7.05. The number of carbonyl (C=O) groups is 2. The third kappa shape index (κ3) is 5.16. The van der Waals surface area contributed by atoms with Gasteiger partial charge < -0.3 is 10.1 Å². The maximum atomic E-state index is 14.7. The lowest BCUT2D eigenvalue weighted by atomic mass is 9.93. The number of halogens is 4. The Hall–Kier alpha value is -3.69. The topological polar surface area (TPSA) is 73.2 Å². The molecule has 38 heavy (non-hydrogen) atoms. The number of ether oxygens (including phenoxy) is 1. The number of hydrogen-bond donors (Lipinski definition) is 1. The molecule has 0 spiro atoms. The number of carbonyl (C=O) groups excluding carboxylic acids is 2. The summed E-state index contributed by atoms with van der Waals surface area (Å²) in [6.45, 7) is 6.23. The SMILES string of the molecule is CCCC(C)(C)n1cc(-c2ccc(NC(=O)C3(c4ccc(C(F)(F)F)cc4F)CC3)cc2C(=O)OC)cn1. The number of nitrogens with zero attached hydrogens (tertiary/aromatic N) is 2. The van der Waals surface area contributed by atoms with Gasteiger partial charge in [-0.25, -0.2) is 9.18 Å². The van der Waals surface area contributed by atoms with Gasteiger partial charge in [0, 0.05) is 23.0 Å². The van der Waals surface area contributed by atoms with Crippen LogP contribution in [0.3, 0.4) is 0 Å². The van der Waals surface area contributed by atoms with Gasteiger partial charge in [0.1, 0.15) is 5.82 Å². The molecule has 1 saturated carbocycles. The summed E-state index contributed by atoms with van der Waals surface area (Å²) in [7, 11) is 1.25. The number of alkyl halides is 3. The van der Waals surface area contributed by atoms with Crippen LogP contribution in [0.15, 0.2) is 48.8 Å². The molecule has 3 aromatic rings. The van der Waals surface area contributed by atoms with E-state index in [1.807, 2.05) is 10.9 Å². The normalized spacial score (nSPS) is 14.7. The van der Waals surface area contributed by atoms with Crippen LogP contribution in [-0.4, -0.2) is 28.8 Å². The zero-order valence-corrected chi connectivity index (χ0v) is 21.6. The summed E-state index contributed by atoms with van der Waals surface area (Å²) in [5.74, 6) is -2.26. The molecular formula is C28H29F4N3O3. The Balaban J connectivity index is 1.62. The summed E-state index contributed by atoms with van der Waals surface area (Å²) in [5, 5.41) is 7.18. The first kappa shape index (κ1) is 27.3. The first-order valence-corrected chi connectivity index (χ1v) is 12.3. The van der Waals surface area contributed by atoms with E-state index in [-0.39, 0.29) is 35.2 Å². The molecule has 1 aliphatic carbocycles. The van der Waals surface area contributed by atoms with Crippen LogP contribution in [-0.2, 0) is 26.7 Å². The van der Waals surface area contributed by atoms with E-state index in [1.54, 1.807) is 18.3 Å². The van der Waals surface area contributed by atoms with E-state index in [9.17, 15) is 27.2 Å². The predicted molar refractivity (Wildman–Crippen MR) is 134 cm³/mol. The van der Waals surface area contributed by atoms with Crippen molar-refractivity contribution in [2.75, 3.05) is 12.4 Å². The molecule has 1 amide bonds. The summed E-state index contributed by atoms with van der Waals surface area (Å²) >= 11 is 0. The Kier molecular flexibility index (Phi) is 7.11. The number of benzene rings is 2. The van der Waals surface area contributed by atoms with E-state index in [2.05, 4.69) is 31.2 Å². The highest BCUT2D eigenvalue weighted by molar-refractivity contribution is 6.04. The maximum absolute atomic E-state index is 14.7. The molecule has 6 nitrogen and oxygen atoms in total. The molecule has 202 valence electrons. The van der Waals surface area contributed by atoms with E-state index >= 15 is 0 Å². The first-order valence-electron chi connectivity index (χ1n) is 12.3. The Bertz CT molecular complexity index is 1370. The van der Waals surface area contributed by atoms with Gasteiger partial charge in [-0.05, 0) is 62.9 Å². The van der Waals surface area contributed by atoms with Crippen molar-refractivity contribution < 1.29 is 31.9 Å². The fourth-order valence-corrected chi connectivity index (χ4v) is 4.75. The number of amides is 1. The summed E-state index contributed by atoms with van der Waals surface area (Å²) < 4.78 is 60.3. The number of esters is 1. The number of anilines is 1. The van der Waals surface area contributed by atoms with Gasteiger partial charge in [-0.2, -0.15) is 18.3 Å². The van der Waals surface area contributed by atoms with E-state index in [4.69, 9.17) is 4.74 Å². The standard InChI is InChI=1S/C28H29F4N3O3/c1-5-10-26(2,3)35-16-17(15-33-35)20-8-7-19(14-21(20)24(36)38-4)34-25(37)27(11-12-27)22-9-6-18(13-23(22)29)28(30,31)32/h6-9,13-16H,5,10-12H2,1-4H3,(H,34,37). The molecule has 0 atom stereocenters. The second kappa shape index (κ2) is 9.89. The van der Waals surface area contributed by atoms with Crippen LogP contribution in [0.25, 0.3) is 11.1 Å². The Morgan fingerprint density at radius 1 is 1.13 bits per heavy atom. The van der Waals surface area contributed by atoms with Crippen molar-refractivity contribution in [3.63, 3.8) is 0 Å². The monoisotopic (exact) mass is 531 g/mol. The minimum Gasteiger partial charge on any atom is -0.465 e. The van der Waals surface area contributed by atoms with Crippen LogP contribution in [0.4, 0.5) is 23.2 Å². The summed E-state index contributed by atoms with van der Waals surface area (Å²) in [4.78, 5) is 25.8. The predicted octanol–water partition coefficient (Wildman–Crippen LogP) is 6.70. The van der Waals surface area contributed by atoms with Crippen molar-refractivity contribution >= 4 is 17.6 Å². The van der Waals surface area contributed by atoms with Gasteiger partial charge in [-0.1, -0.05) is 25.5 Å². The molecule has 0 unspecified atom stereocenters. The van der Waals surface area contributed by atoms with Gasteiger partial charge in [0.15, 0.2) is 0 Å². The first-order chi connectivity index (χ1) is 17.8. The van der Waals surface area contributed by atoms with E-state index in [1.165, 1.54) is 13.2 Å². The molecule has 0 bridgehead atoms. The van der Waals surface area contributed by atoms with Crippen molar-refractivity contribution in [2.24, 2.45) is 0 Å². The lowest BCUT2D eigenvalue weighted by molar-refractivity contribution is -0.137. The average molecular weight is 532 g/mol. The third-order valence-corrected chi connectivity index (χ3v) is 7.05. The minimum atomic E-state index is -4.69. The number of rotatable bonds is 8. The Morgan fingerprint density at radius 2 is 1.84 bits per heavy atom. The molecule has 2 aromatic carbocycles. The van der Waals surface area contributed by atoms with Crippen molar-refractivity contribution in [1.29, 1.82) is 0 Å². The van der Waals surface area contributed by atoms with Crippen LogP contribution >= 0.6 is 0 Å². The van der Waals surface area contributed by atoms with Crippen LogP contribution < -0.4 is 5.32 Å². The molecule has 0 aliphatic heterocycles. The van der Waals surface area contributed by atoms with E-state index < -0.39 is 34.8 Å². The molecule has 10 heteroatoms. The molecule has 1 N–H and O–H groups in total. The van der Waals surface area contributed by atoms with Crippen molar-refractivity contribution in [1.82, 2.24) is 9.78 Å². The summed E-state index contributed by atoms with van der Waals surface area (Å²) in [6.07, 6.45) is 1.27. The molecule has 0 saturated heterocycles.